The van der Waals surface area contributed by atoms with Crippen molar-refractivity contribution in [3.8, 4) is 5.75 Å². The molecule has 0 bridgehead atoms. The molecule has 0 aliphatic carbocycles. The van der Waals surface area contributed by atoms with E-state index in [1.165, 1.54) is 13.0 Å². The lowest BCUT2D eigenvalue weighted by molar-refractivity contribution is 0.198. The molecule has 0 aliphatic rings. The molecule has 19 heavy (non-hydrogen) atoms. The van der Waals surface area contributed by atoms with Crippen LogP contribution in [-0.2, 0) is 6.54 Å². The highest BCUT2D eigenvalue weighted by atomic mass is 16.5. The van der Waals surface area contributed by atoms with Gasteiger partial charge in [-0.05, 0) is 50.9 Å². The lowest BCUT2D eigenvalue weighted by atomic mass is 10.2. The summed E-state index contributed by atoms with van der Waals surface area (Å²) < 4.78 is 5.75. The van der Waals surface area contributed by atoms with Gasteiger partial charge in [-0.1, -0.05) is 19.1 Å². The molecule has 0 unspecified atom stereocenters. The zero-order valence-electron chi connectivity index (χ0n) is 12.6. The first-order valence-corrected chi connectivity index (χ1v) is 7.33. The van der Waals surface area contributed by atoms with E-state index in [-0.39, 0.29) is 0 Å². The summed E-state index contributed by atoms with van der Waals surface area (Å²) in [6.07, 6.45) is 2.27. The minimum atomic E-state index is 0.584. The van der Waals surface area contributed by atoms with E-state index < -0.39 is 0 Å². The molecule has 3 nitrogen and oxygen atoms in total. The molecule has 0 aromatic heterocycles. The molecule has 0 heterocycles. The van der Waals surface area contributed by atoms with Crippen LogP contribution in [0.15, 0.2) is 24.3 Å². The summed E-state index contributed by atoms with van der Waals surface area (Å²) in [6.45, 7) is 10.4. The number of nitrogens with two attached hydrogens (primary N) is 1. The van der Waals surface area contributed by atoms with Crippen LogP contribution in [-0.4, -0.2) is 30.6 Å². The van der Waals surface area contributed by atoms with Crippen molar-refractivity contribution in [3.05, 3.63) is 29.8 Å². The summed E-state index contributed by atoms with van der Waals surface area (Å²) in [5.74, 6) is 0.934. The van der Waals surface area contributed by atoms with Gasteiger partial charge in [0, 0.05) is 19.1 Å². The van der Waals surface area contributed by atoms with E-state index in [2.05, 4.69) is 25.7 Å². The van der Waals surface area contributed by atoms with Crippen LogP contribution in [0.3, 0.4) is 0 Å². The molecule has 0 amide bonds. The van der Waals surface area contributed by atoms with Crippen LogP contribution in [0.25, 0.3) is 0 Å². The molecule has 1 rings (SSSR count). The first kappa shape index (κ1) is 16.0. The summed E-state index contributed by atoms with van der Waals surface area (Å²) >= 11 is 0. The van der Waals surface area contributed by atoms with E-state index in [0.29, 0.717) is 12.6 Å². The SMILES string of the molecule is CCCN(CCCOc1ccc(CN)cc1)C(C)C. The third kappa shape index (κ3) is 6.08. The molecule has 108 valence electrons. The second-order valence-corrected chi connectivity index (χ2v) is 5.18. The predicted octanol–water partition coefficient (Wildman–Crippen LogP) is 3.03. The first-order valence-electron chi connectivity index (χ1n) is 7.33. The fourth-order valence-electron chi connectivity index (χ4n) is 2.09. The van der Waals surface area contributed by atoms with E-state index >= 15 is 0 Å². The van der Waals surface area contributed by atoms with Gasteiger partial charge in [0.25, 0.3) is 0 Å². The van der Waals surface area contributed by atoms with Gasteiger partial charge in [-0.2, -0.15) is 0 Å². The highest BCUT2D eigenvalue weighted by Crippen LogP contribution is 2.12. The Morgan fingerprint density at radius 3 is 2.37 bits per heavy atom. The van der Waals surface area contributed by atoms with Gasteiger partial charge in [-0.25, -0.2) is 0 Å². The van der Waals surface area contributed by atoms with E-state index in [9.17, 15) is 0 Å². The lowest BCUT2D eigenvalue weighted by Crippen LogP contribution is -2.33. The number of hydrogen-bond donors (Lipinski definition) is 1. The Kier molecular flexibility index (Phi) is 7.53. The second-order valence-electron chi connectivity index (χ2n) is 5.18. The van der Waals surface area contributed by atoms with Crippen molar-refractivity contribution in [1.29, 1.82) is 0 Å². The summed E-state index contributed by atoms with van der Waals surface area (Å²) in [4.78, 5) is 2.50. The molecular weight excluding hydrogens is 236 g/mol. The summed E-state index contributed by atoms with van der Waals surface area (Å²) in [5.41, 5.74) is 6.71. The van der Waals surface area contributed by atoms with E-state index in [4.69, 9.17) is 10.5 Å². The maximum absolute atomic E-state index is 5.75. The maximum Gasteiger partial charge on any atom is 0.119 e. The monoisotopic (exact) mass is 264 g/mol. The van der Waals surface area contributed by atoms with Crippen molar-refractivity contribution < 1.29 is 4.74 Å². The van der Waals surface area contributed by atoms with Crippen LogP contribution in [0.2, 0.25) is 0 Å². The van der Waals surface area contributed by atoms with Crippen molar-refractivity contribution in [2.24, 2.45) is 5.73 Å². The Balaban J connectivity index is 2.25. The average molecular weight is 264 g/mol. The fraction of sp³-hybridized carbons (Fsp3) is 0.625. The molecule has 1 aromatic carbocycles. The minimum absolute atomic E-state index is 0.584. The highest BCUT2D eigenvalue weighted by Gasteiger charge is 2.07. The van der Waals surface area contributed by atoms with Gasteiger partial charge in [0.2, 0.25) is 0 Å². The van der Waals surface area contributed by atoms with Crippen molar-refractivity contribution >= 4 is 0 Å². The highest BCUT2D eigenvalue weighted by molar-refractivity contribution is 5.26. The summed E-state index contributed by atoms with van der Waals surface area (Å²) in [5, 5.41) is 0. The molecule has 0 radical (unpaired) electrons. The molecule has 0 atom stereocenters. The Morgan fingerprint density at radius 2 is 1.84 bits per heavy atom. The molecule has 0 fully saturated rings. The second kappa shape index (κ2) is 8.94. The van der Waals surface area contributed by atoms with E-state index in [0.717, 1.165) is 30.9 Å². The molecule has 1 aromatic rings. The van der Waals surface area contributed by atoms with E-state index in [1.807, 2.05) is 24.3 Å². The normalized spacial score (nSPS) is 11.3. The summed E-state index contributed by atoms with van der Waals surface area (Å²) in [6, 6.07) is 8.64. The lowest BCUT2D eigenvalue weighted by Gasteiger charge is -2.25. The van der Waals surface area contributed by atoms with Gasteiger partial charge >= 0.3 is 0 Å². The van der Waals surface area contributed by atoms with Crippen molar-refractivity contribution in [1.82, 2.24) is 4.90 Å². The molecule has 2 N–H and O–H groups in total. The van der Waals surface area contributed by atoms with E-state index in [1.54, 1.807) is 0 Å². The quantitative estimate of drug-likeness (QED) is 0.697. The first-order chi connectivity index (χ1) is 9.17. The Labute approximate surface area is 117 Å². The van der Waals surface area contributed by atoms with Crippen LogP contribution in [0, 0.1) is 0 Å². The van der Waals surface area contributed by atoms with Crippen LogP contribution in [0.5, 0.6) is 5.75 Å². The largest absolute Gasteiger partial charge is 0.494 e. The third-order valence-corrected chi connectivity index (χ3v) is 3.26. The number of hydrogen-bond acceptors (Lipinski definition) is 3. The zero-order chi connectivity index (χ0) is 14.1. The van der Waals surface area contributed by atoms with Gasteiger partial charge in [-0.15, -0.1) is 0 Å². The van der Waals surface area contributed by atoms with Crippen molar-refractivity contribution in [3.63, 3.8) is 0 Å². The van der Waals surface area contributed by atoms with Crippen molar-refractivity contribution in [2.45, 2.75) is 46.2 Å². The Bertz CT molecular complexity index is 335. The third-order valence-electron chi connectivity index (χ3n) is 3.26. The van der Waals surface area contributed by atoms with Gasteiger partial charge < -0.3 is 15.4 Å². The number of benzene rings is 1. The van der Waals surface area contributed by atoms with Gasteiger partial charge in [-0.3, -0.25) is 0 Å². The standard InChI is InChI=1S/C16H28N2O/c1-4-10-18(14(2)3)11-5-12-19-16-8-6-15(13-17)7-9-16/h6-9,14H,4-5,10-13,17H2,1-3H3. The Hall–Kier alpha value is -1.06. The molecule has 3 heteroatoms. The van der Waals surface area contributed by atoms with Gasteiger partial charge in [0.05, 0.1) is 6.61 Å². The molecule has 0 saturated carbocycles. The van der Waals surface area contributed by atoms with Crippen LogP contribution < -0.4 is 10.5 Å². The molecular formula is C16H28N2O. The molecule has 0 aliphatic heterocycles. The summed E-state index contributed by atoms with van der Waals surface area (Å²) in [7, 11) is 0. The van der Waals surface area contributed by atoms with Gasteiger partial charge in [0.15, 0.2) is 0 Å². The van der Waals surface area contributed by atoms with Crippen LogP contribution in [0.1, 0.15) is 39.2 Å². The molecule has 0 spiro atoms. The van der Waals surface area contributed by atoms with Crippen LogP contribution in [0.4, 0.5) is 0 Å². The number of ether oxygens (including phenoxy) is 1. The zero-order valence-corrected chi connectivity index (χ0v) is 12.6. The smallest absolute Gasteiger partial charge is 0.119 e. The average Bonchev–Trinajstić information content (AvgIpc) is 2.42. The topological polar surface area (TPSA) is 38.5 Å². The van der Waals surface area contributed by atoms with Gasteiger partial charge in [0.1, 0.15) is 5.75 Å². The number of nitrogens with zero attached hydrogens (tertiary/aromatic N) is 1. The van der Waals surface area contributed by atoms with Crippen LogP contribution >= 0.6 is 0 Å². The minimum Gasteiger partial charge on any atom is -0.494 e. The number of rotatable bonds is 9. The Morgan fingerprint density at radius 1 is 1.16 bits per heavy atom. The fourth-order valence-corrected chi connectivity index (χ4v) is 2.09. The molecule has 0 saturated heterocycles. The maximum atomic E-state index is 5.75. The van der Waals surface area contributed by atoms with Crippen molar-refractivity contribution in [2.75, 3.05) is 19.7 Å². The predicted molar refractivity (Wildman–Crippen MR) is 81.4 cm³/mol.